The zero-order chi connectivity index (χ0) is 13.5. The van der Waals surface area contributed by atoms with E-state index in [2.05, 4.69) is 17.1 Å². The summed E-state index contributed by atoms with van der Waals surface area (Å²) in [4.78, 5) is 13.9. The van der Waals surface area contributed by atoms with Gasteiger partial charge in [-0.15, -0.1) is 0 Å². The van der Waals surface area contributed by atoms with Crippen LogP contribution in [0.3, 0.4) is 0 Å². The fourth-order valence-electron chi connectivity index (χ4n) is 1.52. The molecule has 0 aliphatic carbocycles. The van der Waals surface area contributed by atoms with E-state index in [0.29, 0.717) is 19.0 Å². The van der Waals surface area contributed by atoms with Crippen molar-refractivity contribution in [3.05, 3.63) is 35.9 Å². The smallest absolute Gasteiger partial charge is 0.237 e. The first-order valence-electron chi connectivity index (χ1n) is 6.24. The fourth-order valence-corrected chi connectivity index (χ4v) is 1.52. The van der Waals surface area contributed by atoms with Crippen molar-refractivity contribution in [2.45, 2.75) is 25.4 Å². The molecule has 18 heavy (non-hydrogen) atoms. The van der Waals surface area contributed by atoms with Gasteiger partial charge in [0.1, 0.15) is 0 Å². The van der Waals surface area contributed by atoms with E-state index in [4.69, 9.17) is 5.73 Å². The lowest BCUT2D eigenvalue weighted by atomic mass is 10.1. The van der Waals surface area contributed by atoms with Crippen LogP contribution in [-0.4, -0.2) is 43.5 Å². The van der Waals surface area contributed by atoms with E-state index in [1.807, 2.05) is 44.4 Å². The quantitative estimate of drug-likeness (QED) is 0.777. The fraction of sp³-hybridized carbons (Fsp3) is 0.500. The molecule has 0 heterocycles. The molecule has 4 nitrogen and oxygen atoms in total. The van der Waals surface area contributed by atoms with Gasteiger partial charge in [-0.2, -0.15) is 0 Å². The second-order valence-corrected chi connectivity index (χ2v) is 4.85. The number of nitrogens with zero attached hydrogens (tertiary/aromatic N) is 1. The first kappa shape index (κ1) is 14.7. The minimum Gasteiger partial charge on any atom is -0.353 e. The lowest BCUT2D eigenvalue weighted by Crippen LogP contribution is -2.46. The summed E-state index contributed by atoms with van der Waals surface area (Å²) in [5.74, 6) is -0.0902. The molecule has 1 aromatic rings. The van der Waals surface area contributed by atoms with Crippen molar-refractivity contribution in [3.8, 4) is 0 Å². The summed E-state index contributed by atoms with van der Waals surface area (Å²) < 4.78 is 0. The average molecular weight is 249 g/mol. The number of hydrogen-bond acceptors (Lipinski definition) is 3. The number of benzene rings is 1. The molecule has 3 N–H and O–H groups in total. The van der Waals surface area contributed by atoms with E-state index in [1.165, 1.54) is 0 Å². The predicted molar refractivity (Wildman–Crippen MR) is 74.3 cm³/mol. The molecule has 0 saturated carbocycles. The van der Waals surface area contributed by atoms with Gasteiger partial charge in [-0.25, -0.2) is 0 Å². The summed E-state index contributed by atoms with van der Waals surface area (Å²) in [5, 5.41) is 2.88. The first-order valence-corrected chi connectivity index (χ1v) is 6.24. The minimum atomic E-state index is -0.484. The lowest BCUT2D eigenvalue weighted by molar-refractivity contribution is -0.122. The summed E-state index contributed by atoms with van der Waals surface area (Å²) in [6, 6.07) is 9.64. The predicted octanol–water partition coefficient (Wildman–Crippen LogP) is 0.623. The molecule has 0 aromatic heterocycles. The van der Waals surface area contributed by atoms with Crippen molar-refractivity contribution < 1.29 is 4.79 Å². The highest BCUT2D eigenvalue weighted by molar-refractivity contribution is 5.81. The van der Waals surface area contributed by atoms with Crippen LogP contribution in [0, 0.1) is 0 Å². The number of carbonyl (C=O) groups is 1. The highest BCUT2D eigenvalue weighted by Gasteiger charge is 2.15. The maximum Gasteiger partial charge on any atom is 0.237 e. The van der Waals surface area contributed by atoms with Crippen molar-refractivity contribution >= 4 is 5.91 Å². The monoisotopic (exact) mass is 249 g/mol. The number of hydrogen-bond donors (Lipinski definition) is 2. The molecule has 0 radical (unpaired) electrons. The van der Waals surface area contributed by atoms with Crippen LogP contribution >= 0.6 is 0 Å². The third kappa shape index (κ3) is 4.85. The number of nitrogens with one attached hydrogen (secondary N) is 1. The second kappa shape index (κ2) is 7.13. The van der Waals surface area contributed by atoms with Gasteiger partial charge >= 0.3 is 0 Å². The molecular weight excluding hydrogens is 226 g/mol. The molecule has 0 bridgehead atoms. The summed E-state index contributed by atoms with van der Waals surface area (Å²) in [7, 11) is 3.97. The van der Waals surface area contributed by atoms with Gasteiger partial charge < -0.3 is 16.0 Å². The molecule has 1 unspecified atom stereocenters. The van der Waals surface area contributed by atoms with E-state index >= 15 is 0 Å². The molecule has 0 spiro atoms. The van der Waals surface area contributed by atoms with Crippen LogP contribution in [0.25, 0.3) is 0 Å². The molecule has 4 heteroatoms. The highest BCUT2D eigenvalue weighted by atomic mass is 16.2. The Morgan fingerprint density at radius 2 is 1.94 bits per heavy atom. The lowest BCUT2D eigenvalue weighted by Gasteiger charge is -2.21. The highest BCUT2D eigenvalue weighted by Crippen LogP contribution is 2.01. The normalized spacial score (nSPS) is 14.3. The van der Waals surface area contributed by atoms with E-state index in [9.17, 15) is 4.79 Å². The van der Waals surface area contributed by atoms with Gasteiger partial charge in [0.25, 0.3) is 0 Å². The Bertz CT molecular complexity index is 365. The topological polar surface area (TPSA) is 58.4 Å². The van der Waals surface area contributed by atoms with E-state index < -0.39 is 6.04 Å². The van der Waals surface area contributed by atoms with Gasteiger partial charge in [0.15, 0.2) is 0 Å². The molecule has 0 fully saturated rings. The number of rotatable bonds is 6. The van der Waals surface area contributed by atoms with E-state index in [-0.39, 0.29) is 5.91 Å². The van der Waals surface area contributed by atoms with Gasteiger partial charge in [0, 0.05) is 12.6 Å². The number of likely N-dealkylation sites (N-methyl/N-ethyl adjacent to an activating group) is 1. The molecule has 1 amide bonds. The van der Waals surface area contributed by atoms with Crippen molar-refractivity contribution in [2.24, 2.45) is 5.73 Å². The summed E-state index contributed by atoms with van der Waals surface area (Å²) in [6.45, 7) is 2.68. The van der Waals surface area contributed by atoms with Crippen LogP contribution in [0.1, 0.15) is 12.5 Å². The Morgan fingerprint density at radius 3 is 2.50 bits per heavy atom. The number of nitrogens with two attached hydrogens (primary N) is 1. The SMILES string of the molecule is CC(CNC(=O)[C@H](N)Cc1ccccc1)N(C)C. The summed E-state index contributed by atoms with van der Waals surface area (Å²) >= 11 is 0. The van der Waals surface area contributed by atoms with E-state index in [0.717, 1.165) is 5.56 Å². The van der Waals surface area contributed by atoms with Crippen molar-refractivity contribution in [2.75, 3.05) is 20.6 Å². The standard InChI is InChI=1S/C14H23N3O/c1-11(17(2)3)10-16-14(18)13(15)9-12-7-5-4-6-8-12/h4-8,11,13H,9-10,15H2,1-3H3,(H,16,18)/t11?,13-/m1/s1. The van der Waals surface area contributed by atoms with E-state index in [1.54, 1.807) is 0 Å². The number of amides is 1. The zero-order valence-corrected chi connectivity index (χ0v) is 11.4. The van der Waals surface area contributed by atoms with Crippen LogP contribution in [-0.2, 0) is 11.2 Å². The molecule has 1 aromatic carbocycles. The Hall–Kier alpha value is -1.39. The van der Waals surface area contributed by atoms with Crippen LogP contribution in [0.4, 0.5) is 0 Å². The third-order valence-electron chi connectivity index (χ3n) is 3.09. The Morgan fingerprint density at radius 1 is 1.33 bits per heavy atom. The molecular formula is C14H23N3O. The average Bonchev–Trinajstić information content (AvgIpc) is 2.36. The van der Waals surface area contributed by atoms with Gasteiger partial charge in [-0.05, 0) is 33.0 Å². The van der Waals surface area contributed by atoms with Gasteiger partial charge in [0.05, 0.1) is 6.04 Å². The van der Waals surface area contributed by atoms with Crippen LogP contribution in [0.15, 0.2) is 30.3 Å². The second-order valence-electron chi connectivity index (χ2n) is 4.85. The molecule has 100 valence electrons. The molecule has 1 rings (SSSR count). The van der Waals surface area contributed by atoms with Gasteiger partial charge in [-0.1, -0.05) is 30.3 Å². The van der Waals surface area contributed by atoms with Gasteiger partial charge in [-0.3, -0.25) is 4.79 Å². The summed E-state index contributed by atoms with van der Waals surface area (Å²) in [6.07, 6.45) is 0.572. The molecule has 0 aliphatic heterocycles. The molecule has 2 atom stereocenters. The van der Waals surface area contributed by atoms with Crippen LogP contribution in [0.2, 0.25) is 0 Å². The Kier molecular flexibility index (Phi) is 5.82. The van der Waals surface area contributed by atoms with Crippen molar-refractivity contribution in [1.29, 1.82) is 0 Å². The first-order chi connectivity index (χ1) is 8.50. The number of carbonyl (C=O) groups excluding carboxylic acids is 1. The Balaban J connectivity index is 2.38. The Labute approximate surface area is 109 Å². The molecule has 0 aliphatic rings. The van der Waals surface area contributed by atoms with Crippen LogP contribution < -0.4 is 11.1 Å². The minimum absolute atomic E-state index is 0.0902. The largest absolute Gasteiger partial charge is 0.353 e. The van der Waals surface area contributed by atoms with Crippen LogP contribution in [0.5, 0.6) is 0 Å². The zero-order valence-electron chi connectivity index (χ0n) is 11.4. The van der Waals surface area contributed by atoms with Gasteiger partial charge in [0.2, 0.25) is 5.91 Å². The van der Waals surface area contributed by atoms with Crippen molar-refractivity contribution in [1.82, 2.24) is 10.2 Å². The third-order valence-corrected chi connectivity index (χ3v) is 3.09. The van der Waals surface area contributed by atoms with Crippen molar-refractivity contribution in [3.63, 3.8) is 0 Å². The maximum atomic E-state index is 11.8. The maximum absolute atomic E-state index is 11.8. The molecule has 0 saturated heterocycles. The summed E-state index contributed by atoms with van der Waals surface area (Å²) in [5.41, 5.74) is 6.97.